The first-order valence-corrected chi connectivity index (χ1v) is 22.7. The molecule has 0 N–H and O–H groups in total. The highest BCUT2D eigenvalue weighted by Crippen LogP contribution is 2.46. The summed E-state index contributed by atoms with van der Waals surface area (Å²) in [5, 5.41) is 7.65. The summed E-state index contributed by atoms with van der Waals surface area (Å²) in [5.74, 6) is 0. The number of rotatable bonds is 8. The summed E-state index contributed by atoms with van der Waals surface area (Å²) in [6.07, 6.45) is 0. The van der Waals surface area contributed by atoms with E-state index >= 15 is 0 Å². The van der Waals surface area contributed by atoms with Gasteiger partial charge in [0.15, 0.2) is 0 Å². The Bertz CT molecular complexity index is 3640. The molecule has 300 valence electrons. The van der Waals surface area contributed by atoms with Crippen molar-refractivity contribution in [3.05, 3.63) is 249 Å². The largest absolute Gasteiger partial charge is 0.310 e. The molecule has 0 aliphatic carbocycles. The molecule has 0 saturated carbocycles. The summed E-state index contributed by atoms with van der Waals surface area (Å²) in [5.41, 5.74) is 15.4. The Kier molecular flexibility index (Phi) is 9.43. The summed E-state index contributed by atoms with van der Waals surface area (Å²) in [7, 11) is 0. The van der Waals surface area contributed by atoms with Crippen LogP contribution in [0, 0.1) is 0 Å². The lowest BCUT2D eigenvalue weighted by Crippen LogP contribution is -2.11. The average molecular weight is 832 g/mol. The Morgan fingerprint density at radius 1 is 0.266 bits per heavy atom. The maximum Gasteiger partial charge on any atom is 0.0540 e. The van der Waals surface area contributed by atoms with Crippen molar-refractivity contribution in [3.63, 3.8) is 0 Å². The molecule has 1 heterocycles. The highest BCUT2D eigenvalue weighted by Gasteiger charge is 2.20. The monoisotopic (exact) mass is 831 g/mol. The minimum atomic E-state index is 1.09. The van der Waals surface area contributed by atoms with Gasteiger partial charge in [-0.1, -0.05) is 206 Å². The van der Waals surface area contributed by atoms with Crippen molar-refractivity contribution < 1.29 is 0 Å². The molecule has 0 aliphatic rings. The zero-order valence-corrected chi connectivity index (χ0v) is 35.8. The van der Waals surface area contributed by atoms with Gasteiger partial charge in [0.25, 0.3) is 0 Å². The van der Waals surface area contributed by atoms with Gasteiger partial charge in [-0.25, -0.2) is 0 Å². The number of anilines is 3. The Labute approximate surface area is 377 Å². The molecular formula is C62H41NS. The minimum absolute atomic E-state index is 1.09. The van der Waals surface area contributed by atoms with E-state index in [4.69, 9.17) is 0 Å². The topological polar surface area (TPSA) is 3.24 Å². The lowest BCUT2D eigenvalue weighted by molar-refractivity contribution is 1.28. The van der Waals surface area contributed by atoms with Crippen LogP contribution in [-0.4, -0.2) is 0 Å². The number of nitrogens with zero attached hydrogens (tertiary/aromatic N) is 1. The maximum atomic E-state index is 2.42. The summed E-state index contributed by atoms with van der Waals surface area (Å²) < 4.78 is 2.61. The molecule has 11 aromatic carbocycles. The lowest BCUT2D eigenvalue weighted by atomic mass is 9.95. The number of hydrogen-bond donors (Lipinski definition) is 0. The quantitative estimate of drug-likeness (QED) is 0.147. The fourth-order valence-corrected chi connectivity index (χ4v) is 10.8. The van der Waals surface area contributed by atoms with Gasteiger partial charge < -0.3 is 4.90 Å². The third kappa shape index (κ3) is 6.73. The van der Waals surface area contributed by atoms with E-state index < -0.39 is 0 Å². The number of thiophene rings is 1. The molecule has 0 saturated heterocycles. The molecule has 12 aromatic rings. The summed E-state index contributed by atoms with van der Waals surface area (Å²) in [6, 6.07) is 90.9. The highest BCUT2D eigenvalue weighted by atomic mass is 32.1. The first-order valence-electron chi connectivity index (χ1n) is 21.9. The van der Waals surface area contributed by atoms with Crippen LogP contribution in [0.4, 0.5) is 17.1 Å². The third-order valence-corrected chi connectivity index (χ3v) is 13.9. The van der Waals surface area contributed by atoms with Gasteiger partial charge >= 0.3 is 0 Å². The zero-order valence-electron chi connectivity index (χ0n) is 35.0. The molecule has 2 heteroatoms. The molecule has 0 bridgehead atoms. The molecule has 1 nitrogen and oxygen atoms in total. The molecule has 12 rings (SSSR count). The van der Waals surface area contributed by atoms with Crippen molar-refractivity contribution >= 4 is 70.1 Å². The van der Waals surface area contributed by atoms with Crippen molar-refractivity contribution in [1.29, 1.82) is 0 Å². The molecule has 0 aliphatic heterocycles. The van der Waals surface area contributed by atoms with Crippen LogP contribution < -0.4 is 4.90 Å². The third-order valence-electron chi connectivity index (χ3n) is 12.7. The van der Waals surface area contributed by atoms with Gasteiger partial charge in [-0.15, -0.1) is 11.3 Å². The van der Waals surface area contributed by atoms with Gasteiger partial charge in [-0.05, 0) is 109 Å². The number of hydrogen-bond acceptors (Lipinski definition) is 2. The maximum absolute atomic E-state index is 2.42. The van der Waals surface area contributed by atoms with Crippen LogP contribution in [0.5, 0.6) is 0 Å². The molecule has 0 amide bonds. The van der Waals surface area contributed by atoms with Gasteiger partial charge in [0.2, 0.25) is 0 Å². The average Bonchev–Trinajstić information content (AvgIpc) is 3.76. The number of benzene rings is 11. The normalized spacial score (nSPS) is 11.4. The predicted molar refractivity (Wildman–Crippen MR) is 276 cm³/mol. The molecule has 0 unspecified atom stereocenters. The van der Waals surface area contributed by atoms with Crippen LogP contribution >= 0.6 is 11.3 Å². The lowest BCUT2D eigenvalue weighted by Gasteiger charge is -2.28. The molecule has 0 atom stereocenters. The van der Waals surface area contributed by atoms with E-state index in [0.717, 1.165) is 17.1 Å². The second-order valence-corrected chi connectivity index (χ2v) is 17.5. The van der Waals surface area contributed by atoms with Gasteiger partial charge in [0.1, 0.15) is 0 Å². The summed E-state index contributed by atoms with van der Waals surface area (Å²) in [6.45, 7) is 0. The Morgan fingerprint density at radius 3 is 1.39 bits per heavy atom. The van der Waals surface area contributed by atoms with E-state index in [1.54, 1.807) is 0 Å². The van der Waals surface area contributed by atoms with Crippen LogP contribution in [0.1, 0.15) is 0 Å². The number of para-hydroxylation sites is 1. The van der Waals surface area contributed by atoms with E-state index in [-0.39, 0.29) is 0 Å². The summed E-state index contributed by atoms with van der Waals surface area (Å²) in [4.78, 5) is 2.42. The van der Waals surface area contributed by atoms with Crippen molar-refractivity contribution in [2.45, 2.75) is 0 Å². The van der Waals surface area contributed by atoms with Crippen LogP contribution in [0.25, 0.3) is 97.4 Å². The van der Waals surface area contributed by atoms with Gasteiger partial charge in [-0.2, -0.15) is 0 Å². The molecule has 0 fully saturated rings. The van der Waals surface area contributed by atoms with Gasteiger partial charge in [0.05, 0.1) is 5.69 Å². The Hall–Kier alpha value is -8.04. The number of fused-ring (bicyclic) bond motifs is 5. The van der Waals surface area contributed by atoms with E-state index in [2.05, 4.69) is 254 Å². The van der Waals surface area contributed by atoms with Crippen LogP contribution in [0.3, 0.4) is 0 Å². The van der Waals surface area contributed by atoms with E-state index in [9.17, 15) is 0 Å². The molecule has 0 spiro atoms. The Morgan fingerprint density at radius 2 is 0.703 bits per heavy atom. The SMILES string of the molecule is c1cc(-c2ccc(N(c3ccc(-c4ccc(-c5cccc6ccccc56)cc4)cc3)c3ccccc3-c3cccc4c3sc3ccccc34)cc2)cc(-c2cccc3ccccc23)c1. The Balaban J connectivity index is 0.943. The molecular weight excluding hydrogens is 791 g/mol. The first kappa shape index (κ1) is 37.7. The fourth-order valence-electron chi connectivity index (χ4n) is 9.55. The zero-order chi connectivity index (χ0) is 42.4. The van der Waals surface area contributed by atoms with Gasteiger partial charge in [-0.3, -0.25) is 0 Å². The van der Waals surface area contributed by atoms with E-state index in [1.165, 1.54) is 97.4 Å². The smallest absolute Gasteiger partial charge is 0.0540 e. The first-order chi connectivity index (χ1) is 31.7. The standard InChI is InChI=1S/C62H41NS/c1-3-19-52-45(13-1)15-10-23-54(52)47-31-29-42(30-32-47)43-33-37-50(38-34-43)63(60-27-7-5-21-56(60)58-25-12-26-59-57-22-6-8-28-61(57)64-62(58)59)51-39-35-44(36-40-51)48-17-9-18-49(41-48)55-24-11-16-46-14-2-4-20-53(46)55/h1-41H. The highest BCUT2D eigenvalue weighted by molar-refractivity contribution is 7.26. The second kappa shape index (κ2) is 16.0. The van der Waals surface area contributed by atoms with Crippen LogP contribution in [-0.2, 0) is 0 Å². The van der Waals surface area contributed by atoms with E-state index in [0.29, 0.717) is 0 Å². The predicted octanol–water partition coefficient (Wildman–Crippen LogP) is 18.2. The molecule has 0 radical (unpaired) electrons. The summed E-state index contributed by atoms with van der Waals surface area (Å²) >= 11 is 1.88. The molecule has 1 aromatic heterocycles. The van der Waals surface area contributed by atoms with Crippen LogP contribution in [0.2, 0.25) is 0 Å². The van der Waals surface area contributed by atoms with Crippen molar-refractivity contribution in [2.24, 2.45) is 0 Å². The van der Waals surface area contributed by atoms with Gasteiger partial charge in [0, 0.05) is 42.7 Å². The van der Waals surface area contributed by atoms with Crippen molar-refractivity contribution in [3.8, 4) is 55.6 Å². The second-order valence-electron chi connectivity index (χ2n) is 16.4. The van der Waals surface area contributed by atoms with Crippen molar-refractivity contribution in [2.75, 3.05) is 4.90 Å². The van der Waals surface area contributed by atoms with E-state index in [1.807, 2.05) is 11.3 Å². The molecule has 64 heavy (non-hydrogen) atoms. The fraction of sp³-hybridized carbons (Fsp3) is 0. The minimum Gasteiger partial charge on any atom is -0.310 e. The van der Waals surface area contributed by atoms with Crippen molar-refractivity contribution in [1.82, 2.24) is 0 Å². The van der Waals surface area contributed by atoms with Crippen LogP contribution in [0.15, 0.2) is 249 Å².